The van der Waals surface area contributed by atoms with Gasteiger partial charge < -0.3 is 15.4 Å². The fourth-order valence-corrected chi connectivity index (χ4v) is 3.04. The number of rotatable bonds is 7. The van der Waals surface area contributed by atoms with Crippen LogP contribution in [-0.2, 0) is 9.59 Å². The molecule has 6 nitrogen and oxygen atoms in total. The minimum atomic E-state index is -0.510. The Hall–Kier alpha value is -4.08. The zero-order valence-corrected chi connectivity index (χ0v) is 18.9. The third-order valence-electron chi connectivity index (χ3n) is 4.67. The van der Waals surface area contributed by atoms with Gasteiger partial charge in [-0.15, -0.1) is 0 Å². The number of benzene rings is 3. The molecule has 166 valence electrons. The second-order valence-electron chi connectivity index (χ2n) is 7.36. The van der Waals surface area contributed by atoms with E-state index in [1.807, 2.05) is 38.1 Å². The van der Waals surface area contributed by atoms with Crippen LogP contribution < -0.4 is 15.4 Å². The topological polar surface area (TPSA) is 91.2 Å². The van der Waals surface area contributed by atoms with Crippen LogP contribution >= 0.6 is 11.6 Å². The van der Waals surface area contributed by atoms with Crippen LogP contribution in [0.4, 0.5) is 11.4 Å². The van der Waals surface area contributed by atoms with E-state index in [2.05, 4.69) is 10.6 Å². The molecule has 0 heterocycles. The number of halogens is 1. The molecule has 0 aliphatic rings. The van der Waals surface area contributed by atoms with Gasteiger partial charge in [-0.25, -0.2) is 0 Å². The van der Waals surface area contributed by atoms with Crippen LogP contribution in [-0.4, -0.2) is 18.4 Å². The van der Waals surface area contributed by atoms with Gasteiger partial charge >= 0.3 is 0 Å². The zero-order chi connectivity index (χ0) is 23.8. The van der Waals surface area contributed by atoms with Gasteiger partial charge in [0.1, 0.15) is 17.4 Å². The first-order valence-corrected chi connectivity index (χ1v) is 10.5. The molecule has 0 saturated heterocycles. The number of nitrogens with zero attached hydrogens (tertiary/aromatic N) is 1. The number of anilines is 2. The van der Waals surface area contributed by atoms with E-state index in [-0.39, 0.29) is 18.1 Å². The van der Waals surface area contributed by atoms with Crippen molar-refractivity contribution in [1.29, 1.82) is 5.26 Å². The molecule has 2 amide bonds. The first kappa shape index (κ1) is 23.6. The predicted molar refractivity (Wildman–Crippen MR) is 130 cm³/mol. The quantitative estimate of drug-likeness (QED) is 0.359. The van der Waals surface area contributed by atoms with Crippen LogP contribution in [0.3, 0.4) is 0 Å². The van der Waals surface area contributed by atoms with Crippen LogP contribution in [0, 0.1) is 25.2 Å². The highest BCUT2D eigenvalue weighted by atomic mass is 35.5. The number of aryl methyl sites for hydroxylation is 2. The lowest BCUT2D eigenvalue weighted by Gasteiger charge is -2.09. The van der Waals surface area contributed by atoms with Crippen molar-refractivity contribution in [3.05, 3.63) is 94.0 Å². The summed E-state index contributed by atoms with van der Waals surface area (Å²) in [6, 6.07) is 21.2. The molecule has 0 aliphatic heterocycles. The minimum Gasteiger partial charge on any atom is -0.484 e. The summed E-state index contributed by atoms with van der Waals surface area (Å²) < 4.78 is 5.56. The second kappa shape index (κ2) is 11.0. The molecule has 2 N–H and O–H groups in total. The standard InChI is InChI=1S/C26H22ClN3O3/c1-17-6-9-21(10-7-17)30-26(32)20(15-28)12-19-4-3-5-23(13-19)33-16-25(31)29-22-11-8-18(2)24(27)14-22/h3-14H,16H2,1-2H3,(H,29,31)(H,30,32)/b20-12-. The molecule has 3 aromatic carbocycles. The Labute approximate surface area is 197 Å². The Balaban J connectivity index is 1.62. The van der Waals surface area contributed by atoms with E-state index in [0.29, 0.717) is 27.7 Å². The Kier molecular flexibility index (Phi) is 7.85. The fourth-order valence-electron chi connectivity index (χ4n) is 2.86. The molecule has 0 fully saturated rings. The van der Waals surface area contributed by atoms with Gasteiger partial charge in [-0.3, -0.25) is 9.59 Å². The van der Waals surface area contributed by atoms with Gasteiger partial charge in [-0.1, -0.05) is 47.5 Å². The summed E-state index contributed by atoms with van der Waals surface area (Å²) in [7, 11) is 0. The van der Waals surface area contributed by atoms with E-state index in [4.69, 9.17) is 16.3 Å². The number of ether oxygens (including phenoxy) is 1. The summed E-state index contributed by atoms with van der Waals surface area (Å²) in [5, 5.41) is 15.4. The number of nitrogens with one attached hydrogen (secondary N) is 2. The van der Waals surface area contributed by atoms with Gasteiger partial charge in [-0.2, -0.15) is 5.26 Å². The second-order valence-corrected chi connectivity index (χ2v) is 7.77. The summed E-state index contributed by atoms with van der Waals surface area (Å²) >= 11 is 6.08. The molecule has 0 atom stereocenters. The number of hydrogen-bond donors (Lipinski definition) is 2. The Bertz CT molecular complexity index is 1240. The fraction of sp³-hybridized carbons (Fsp3) is 0.115. The summed E-state index contributed by atoms with van der Waals surface area (Å²) in [5.74, 6) is -0.424. The maximum Gasteiger partial charge on any atom is 0.266 e. The molecular formula is C26H22ClN3O3. The van der Waals surface area contributed by atoms with Crippen LogP contribution in [0.25, 0.3) is 6.08 Å². The summed E-state index contributed by atoms with van der Waals surface area (Å²) in [6.45, 7) is 3.61. The van der Waals surface area contributed by atoms with Crippen LogP contribution in [0.15, 0.2) is 72.3 Å². The first-order chi connectivity index (χ1) is 15.8. The highest BCUT2D eigenvalue weighted by Gasteiger charge is 2.10. The molecule has 3 rings (SSSR count). The van der Waals surface area contributed by atoms with Gasteiger partial charge in [0.2, 0.25) is 0 Å². The Morgan fingerprint density at radius 2 is 1.73 bits per heavy atom. The van der Waals surface area contributed by atoms with Crippen molar-refractivity contribution in [2.45, 2.75) is 13.8 Å². The van der Waals surface area contributed by atoms with E-state index in [1.165, 1.54) is 6.08 Å². The van der Waals surface area contributed by atoms with Gasteiger partial charge in [0.15, 0.2) is 6.61 Å². The van der Waals surface area contributed by atoms with Crippen molar-refractivity contribution in [3.8, 4) is 11.8 Å². The molecule has 0 unspecified atom stereocenters. The van der Waals surface area contributed by atoms with Crippen LogP contribution in [0.2, 0.25) is 5.02 Å². The highest BCUT2D eigenvalue weighted by Crippen LogP contribution is 2.20. The van der Waals surface area contributed by atoms with Gasteiger partial charge in [-0.05, 0) is 67.4 Å². The van der Waals surface area contributed by atoms with Crippen molar-refractivity contribution < 1.29 is 14.3 Å². The summed E-state index contributed by atoms with van der Waals surface area (Å²) in [4.78, 5) is 24.6. The molecule has 0 spiro atoms. The lowest BCUT2D eigenvalue weighted by Crippen LogP contribution is -2.20. The molecule has 33 heavy (non-hydrogen) atoms. The SMILES string of the molecule is Cc1ccc(NC(=O)/C(C#N)=C\c2cccc(OCC(=O)Nc3ccc(C)c(Cl)c3)c2)cc1. The highest BCUT2D eigenvalue weighted by molar-refractivity contribution is 6.31. The number of hydrogen-bond acceptors (Lipinski definition) is 4. The molecule has 0 saturated carbocycles. The van der Waals surface area contributed by atoms with Crippen molar-refractivity contribution >= 4 is 40.9 Å². The van der Waals surface area contributed by atoms with Crippen molar-refractivity contribution in [2.24, 2.45) is 0 Å². The van der Waals surface area contributed by atoms with E-state index in [9.17, 15) is 14.9 Å². The third kappa shape index (κ3) is 6.96. The lowest BCUT2D eigenvalue weighted by atomic mass is 10.1. The summed E-state index contributed by atoms with van der Waals surface area (Å²) in [5.41, 5.74) is 3.70. The van der Waals surface area contributed by atoms with Gasteiger partial charge in [0.25, 0.3) is 11.8 Å². The molecule has 0 radical (unpaired) electrons. The number of amides is 2. The molecular weight excluding hydrogens is 438 g/mol. The van der Waals surface area contributed by atoms with E-state index < -0.39 is 5.91 Å². The maximum atomic E-state index is 12.5. The molecule has 0 aromatic heterocycles. The molecule has 7 heteroatoms. The minimum absolute atomic E-state index is 0.0540. The Morgan fingerprint density at radius 3 is 2.42 bits per heavy atom. The molecule has 0 bridgehead atoms. The monoisotopic (exact) mass is 459 g/mol. The zero-order valence-electron chi connectivity index (χ0n) is 18.2. The Morgan fingerprint density at radius 1 is 1.00 bits per heavy atom. The largest absolute Gasteiger partial charge is 0.484 e. The smallest absolute Gasteiger partial charge is 0.266 e. The predicted octanol–water partition coefficient (Wildman–Crippen LogP) is 5.52. The maximum absolute atomic E-state index is 12.5. The van der Waals surface area contributed by atoms with E-state index in [0.717, 1.165) is 11.1 Å². The van der Waals surface area contributed by atoms with Crippen LogP contribution in [0.5, 0.6) is 5.75 Å². The van der Waals surface area contributed by atoms with Gasteiger partial charge in [0, 0.05) is 16.4 Å². The van der Waals surface area contributed by atoms with Crippen molar-refractivity contribution in [3.63, 3.8) is 0 Å². The van der Waals surface area contributed by atoms with Crippen molar-refractivity contribution in [1.82, 2.24) is 0 Å². The number of nitriles is 1. The number of carbonyl (C=O) groups is 2. The number of carbonyl (C=O) groups excluding carboxylic acids is 2. The van der Waals surface area contributed by atoms with Crippen molar-refractivity contribution in [2.75, 3.05) is 17.2 Å². The average molecular weight is 460 g/mol. The van der Waals surface area contributed by atoms with E-state index in [1.54, 1.807) is 48.5 Å². The van der Waals surface area contributed by atoms with Gasteiger partial charge in [0.05, 0.1) is 0 Å². The summed E-state index contributed by atoms with van der Waals surface area (Å²) in [6.07, 6.45) is 1.46. The van der Waals surface area contributed by atoms with E-state index >= 15 is 0 Å². The third-order valence-corrected chi connectivity index (χ3v) is 5.08. The molecule has 3 aromatic rings. The normalized spacial score (nSPS) is 10.8. The first-order valence-electron chi connectivity index (χ1n) is 10.1. The molecule has 0 aliphatic carbocycles. The average Bonchev–Trinajstić information content (AvgIpc) is 2.80. The lowest BCUT2D eigenvalue weighted by molar-refractivity contribution is -0.118. The van der Waals surface area contributed by atoms with Crippen LogP contribution in [0.1, 0.15) is 16.7 Å².